The van der Waals surface area contributed by atoms with Crippen LogP contribution in [0.25, 0.3) is 10.8 Å². The fraction of sp³-hybridized carbons (Fsp3) is 0.261. The van der Waals surface area contributed by atoms with Crippen molar-refractivity contribution in [2.45, 2.75) is 31.6 Å². The molecule has 0 saturated carbocycles. The van der Waals surface area contributed by atoms with Gasteiger partial charge in [0.25, 0.3) is 0 Å². The summed E-state index contributed by atoms with van der Waals surface area (Å²) < 4.78 is 38.7. The zero-order valence-corrected chi connectivity index (χ0v) is 16.1. The van der Waals surface area contributed by atoms with Gasteiger partial charge in [0.05, 0.1) is 12.1 Å². The maximum atomic E-state index is 12.9. The van der Waals surface area contributed by atoms with E-state index in [-0.39, 0.29) is 18.4 Å². The number of fused-ring (bicyclic) bond motifs is 1. The SMILES string of the molecule is CNC(Cc1cc#cc(C(F)(F)F)c1)C(=O)N[C@H](C)c1cccc2ccccc12. The molecule has 0 aliphatic rings. The van der Waals surface area contributed by atoms with Crippen LogP contribution in [0.5, 0.6) is 0 Å². The molecule has 0 fully saturated rings. The lowest BCUT2D eigenvalue weighted by Gasteiger charge is -2.21. The van der Waals surface area contributed by atoms with Crippen LogP contribution in [0.1, 0.15) is 29.7 Å². The molecule has 2 atom stereocenters. The Kier molecular flexibility index (Phi) is 6.09. The molecule has 0 aliphatic carbocycles. The Morgan fingerprint density at radius 3 is 2.59 bits per heavy atom. The van der Waals surface area contributed by atoms with Crippen molar-refractivity contribution in [2.75, 3.05) is 7.05 Å². The molecule has 0 radical (unpaired) electrons. The van der Waals surface area contributed by atoms with Crippen LogP contribution in [0.2, 0.25) is 0 Å². The Morgan fingerprint density at radius 1 is 1.14 bits per heavy atom. The van der Waals surface area contributed by atoms with Gasteiger partial charge in [0.1, 0.15) is 5.56 Å². The molecule has 0 spiro atoms. The van der Waals surface area contributed by atoms with Crippen molar-refractivity contribution in [2.24, 2.45) is 0 Å². The molecular formula is C23H21F3N2O. The fourth-order valence-corrected chi connectivity index (χ4v) is 3.32. The standard InChI is InChI=1S/C23H21F3N2O/c1-15(19-12-6-9-17-8-3-4-11-20(17)19)28-22(29)21(27-2)14-16-7-5-10-18(13-16)23(24,25)26/h3-4,6-9,11-13,15,21,27H,14H2,1-2H3,(H,28,29)/t15-,21?/m1/s1. The molecule has 3 aromatic carbocycles. The Hall–Kier alpha value is -3.04. The van der Waals surface area contributed by atoms with E-state index in [2.05, 4.69) is 22.8 Å². The highest BCUT2D eigenvalue weighted by Crippen LogP contribution is 2.28. The summed E-state index contributed by atoms with van der Waals surface area (Å²) in [6.07, 6.45) is -4.38. The van der Waals surface area contributed by atoms with Gasteiger partial charge in [0.15, 0.2) is 0 Å². The van der Waals surface area contributed by atoms with Crippen molar-refractivity contribution in [3.05, 3.63) is 83.4 Å². The highest BCUT2D eigenvalue weighted by Gasteiger charge is 2.31. The van der Waals surface area contributed by atoms with Gasteiger partial charge in [-0.3, -0.25) is 4.79 Å². The predicted octanol–water partition coefficient (Wildman–Crippen LogP) is 4.47. The molecule has 0 bridgehead atoms. The van der Waals surface area contributed by atoms with Crippen LogP contribution in [0, 0.1) is 12.1 Å². The summed E-state index contributed by atoms with van der Waals surface area (Å²) in [6, 6.07) is 19.7. The summed E-state index contributed by atoms with van der Waals surface area (Å²) in [6.45, 7) is 1.89. The predicted molar refractivity (Wildman–Crippen MR) is 106 cm³/mol. The molecule has 29 heavy (non-hydrogen) atoms. The monoisotopic (exact) mass is 398 g/mol. The summed E-state index contributed by atoms with van der Waals surface area (Å²) in [5.41, 5.74) is 0.450. The average Bonchev–Trinajstić information content (AvgIpc) is 2.71. The second kappa shape index (κ2) is 8.54. The van der Waals surface area contributed by atoms with Gasteiger partial charge in [-0.1, -0.05) is 54.6 Å². The Balaban J connectivity index is 1.74. The number of carbonyl (C=O) groups is 1. The minimum Gasteiger partial charge on any atom is -0.348 e. The molecule has 0 heterocycles. The number of likely N-dealkylation sites (N-methyl/N-ethyl adjacent to an activating group) is 1. The van der Waals surface area contributed by atoms with Crippen molar-refractivity contribution >= 4 is 16.7 Å². The van der Waals surface area contributed by atoms with Gasteiger partial charge >= 0.3 is 6.18 Å². The normalized spacial score (nSPS) is 13.6. The lowest BCUT2D eigenvalue weighted by atomic mass is 9.99. The molecule has 2 N–H and O–H groups in total. The fourth-order valence-electron chi connectivity index (χ4n) is 3.32. The number of carbonyl (C=O) groups excluding carboxylic acids is 1. The van der Waals surface area contributed by atoms with Crippen LogP contribution in [0.15, 0.2) is 54.6 Å². The van der Waals surface area contributed by atoms with E-state index >= 15 is 0 Å². The third-order valence-electron chi connectivity index (χ3n) is 4.85. The third-order valence-corrected chi connectivity index (χ3v) is 4.85. The van der Waals surface area contributed by atoms with Crippen molar-refractivity contribution in [3.63, 3.8) is 0 Å². The number of nitrogens with one attached hydrogen (secondary N) is 2. The maximum absolute atomic E-state index is 12.9. The lowest BCUT2D eigenvalue weighted by Crippen LogP contribution is -2.44. The van der Waals surface area contributed by atoms with Gasteiger partial charge in [-0.15, -0.1) is 0 Å². The molecule has 3 rings (SSSR count). The molecule has 0 aliphatic heterocycles. The number of hydrogen-bond acceptors (Lipinski definition) is 2. The largest absolute Gasteiger partial charge is 0.424 e. The van der Waals surface area contributed by atoms with E-state index in [1.807, 2.05) is 49.4 Å². The van der Waals surface area contributed by atoms with Crippen molar-refractivity contribution < 1.29 is 18.0 Å². The zero-order chi connectivity index (χ0) is 21.0. The van der Waals surface area contributed by atoms with Crippen molar-refractivity contribution in [1.82, 2.24) is 10.6 Å². The molecule has 6 heteroatoms. The Morgan fingerprint density at radius 2 is 1.86 bits per heavy atom. The minimum absolute atomic E-state index is 0.110. The number of hydrogen-bond donors (Lipinski definition) is 2. The van der Waals surface area contributed by atoms with Gasteiger partial charge in [-0.2, -0.15) is 13.2 Å². The van der Waals surface area contributed by atoms with E-state index in [0.29, 0.717) is 5.56 Å². The van der Waals surface area contributed by atoms with Gasteiger partial charge in [0, 0.05) is 0 Å². The summed E-state index contributed by atoms with van der Waals surface area (Å²) >= 11 is 0. The summed E-state index contributed by atoms with van der Waals surface area (Å²) in [5.74, 6) is -0.283. The minimum atomic E-state index is -4.49. The van der Waals surface area contributed by atoms with Crippen LogP contribution in [0.3, 0.4) is 0 Å². The number of rotatable bonds is 6. The zero-order valence-electron chi connectivity index (χ0n) is 16.1. The first-order valence-electron chi connectivity index (χ1n) is 9.24. The lowest BCUT2D eigenvalue weighted by molar-refractivity contribution is -0.137. The maximum Gasteiger partial charge on any atom is 0.424 e. The van der Waals surface area contributed by atoms with E-state index in [0.717, 1.165) is 22.4 Å². The average molecular weight is 398 g/mol. The van der Waals surface area contributed by atoms with E-state index in [4.69, 9.17) is 0 Å². The number of alkyl halides is 3. The van der Waals surface area contributed by atoms with Gasteiger partial charge in [-0.05, 0) is 54.4 Å². The molecule has 1 amide bonds. The Bertz CT molecular complexity index is 995. The molecular weight excluding hydrogens is 377 g/mol. The summed E-state index contributed by atoms with van der Waals surface area (Å²) in [4.78, 5) is 12.8. The molecule has 0 saturated heterocycles. The van der Waals surface area contributed by atoms with Crippen molar-refractivity contribution in [3.8, 4) is 0 Å². The third kappa shape index (κ3) is 4.87. The van der Waals surface area contributed by atoms with E-state index in [1.54, 1.807) is 7.05 Å². The molecule has 3 nitrogen and oxygen atoms in total. The van der Waals surface area contributed by atoms with E-state index < -0.39 is 17.8 Å². The first kappa shape index (κ1) is 20.7. The van der Waals surface area contributed by atoms with Crippen LogP contribution in [-0.4, -0.2) is 19.0 Å². The number of benzene rings is 2. The second-order valence-corrected chi connectivity index (χ2v) is 6.89. The summed E-state index contributed by atoms with van der Waals surface area (Å²) in [7, 11) is 1.61. The first-order valence-corrected chi connectivity index (χ1v) is 9.24. The number of halogens is 3. The molecule has 3 aromatic rings. The smallest absolute Gasteiger partial charge is 0.348 e. The van der Waals surface area contributed by atoms with Gasteiger partial charge in [0.2, 0.25) is 5.91 Å². The van der Waals surface area contributed by atoms with E-state index in [1.165, 1.54) is 6.07 Å². The van der Waals surface area contributed by atoms with Crippen LogP contribution in [-0.2, 0) is 17.4 Å². The highest BCUT2D eigenvalue weighted by atomic mass is 19.4. The van der Waals surface area contributed by atoms with Gasteiger partial charge < -0.3 is 10.6 Å². The Labute approximate surface area is 167 Å². The van der Waals surface area contributed by atoms with Crippen LogP contribution >= 0.6 is 0 Å². The topological polar surface area (TPSA) is 41.1 Å². The van der Waals surface area contributed by atoms with E-state index in [9.17, 15) is 18.0 Å². The molecule has 0 aromatic heterocycles. The molecule has 150 valence electrons. The summed E-state index contributed by atoms with van der Waals surface area (Å²) in [5, 5.41) is 7.97. The second-order valence-electron chi connectivity index (χ2n) is 6.89. The number of amides is 1. The first-order chi connectivity index (χ1) is 13.8. The van der Waals surface area contributed by atoms with Gasteiger partial charge in [-0.25, -0.2) is 0 Å². The van der Waals surface area contributed by atoms with Crippen LogP contribution in [0.4, 0.5) is 13.2 Å². The van der Waals surface area contributed by atoms with Crippen LogP contribution < -0.4 is 10.6 Å². The molecule has 1 unspecified atom stereocenters. The highest BCUT2D eigenvalue weighted by molar-refractivity contribution is 5.87. The quantitative estimate of drug-likeness (QED) is 0.643. The van der Waals surface area contributed by atoms with Crippen molar-refractivity contribution in [1.29, 1.82) is 0 Å².